The summed E-state index contributed by atoms with van der Waals surface area (Å²) in [6, 6.07) is 9.88. The van der Waals surface area contributed by atoms with Crippen molar-refractivity contribution in [1.29, 1.82) is 0 Å². The number of hydrogen-bond acceptors (Lipinski definition) is 3. The van der Waals surface area contributed by atoms with E-state index in [2.05, 4.69) is 27.9 Å². The summed E-state index contributed by atoms with van der Waals surface area (Å²) in [7, 11) is 1.43. The zero-order valence-electron chi connectivity index (χ0n) is 10.5. The number of amides is 1. The van der Waals surface area contributed by atoms with E-state index in [-0.39, 0.29) is 17.1 Å². The zero-order valence-corrected chi connectivity index (χ0v) is 13.4. The second kappa shape index (κ2) is 6.32. The van der Waals surface area contributed by atoms with Crippen LogP contribution in [0.1, 0.15) is 10.4 Å². The van der Waals surface area contributed by atoms with Gasteiger partial charge in [0.05, 0.1) is 18.4 Å². The van der Waals surface area contributed by atoms with Gasteiger partial charge in [0.15, 0.2) is 11.5 Å². The maximum Gasteiger partial charge on any atom is 0.259 e. The zero-order chi connectivity index (χ0) is 14.7. The van der Waals surface area contributed by atoms with Crippen molar-refractivity contribution in [2.24, 2.45) is 0 Å². The van der Waals surface area contributed by atoms with E-state index in [0.29, 0.717) is 10.7 Å². The first-order valence-corrected chi connectivity index (χ1v) is 7.11. The number of aromatic hydroxyl groups is 1. The van der Waals surface area contributed by atoms with Crippen LogP contribution in [0.2, 0.25) is 5.02 Å². The van der Waals surface area contributed by atoms with Crippen molar-refractivity contribution >= 4 is 45.8 Å². The van der Waals surface area contributed by atoms with E-state index in [1.807, 2.05) is 0 Å². The Morgan fingerprint density at radius 2 is 2.10 bits per heavy atom. The van der Waals surface area contributed by atoms with Crippen LogP contribution in [0, 0.1) is 3.57 Å². The van der Waals surface area contributed by atoms with Gasteiger partial charge in [0.25, 0.3) is 5.91 Å². The molecule has 2 aromatic rings. The highest BCUT2D eigenvalue weighted by Crippen LogP contribution is 2.30. The molecule has 0 aliphatic rings. The highest BCUT2D eigenvalue weighted by Gasteiger charge is 2.15. The van der Waals surface area contributed by atoms with Gasteiger partial charge in [-0.2, -0.15) is 0 Å². The predicted octanol–water partition coefficient (Wildman–Crippen LogP) is 3.91. The number of carbonyl (C=O) groups is 1. The molecular weight excluding hydrogens is 393 g/mol. The van der Waals surface area contributed by atoms with Gasteiger partial charge in [-0.05, 0) is 52.9 Å². The lowest BCUT2D eigenvalue weighted by molar-refractivity contribution is 0.102. The van der Waals surface area contributed by atoms with Crippen LogP contribution in [-0.4, -0.2) is 18.1 Å². The molecule has 0 aliphatic heterocycles. The molecule has 2 rings (SSSR count). The molecule has 6 heteroatoms. The molecule has 0 saturated carbocycles. The fourth-order valence-electron chi connectivity index (χ4n) is 1.65. The van der Waals surface area contributed by atoms with Crippen LogP contribution >= 0.6 is 34.2 Å². The number of anilines is 1. The molecule has 0 unspecified atom stereocenters. The molecule has 0 fully saturated rings. The molecule has 0 saturated heterocycles. The van der Waals surface area contributed by atoms with Crippen LogP contribution in [-0.2, 0) is 0 Å². The summed E-state index contributed by atoms with van der Waals surface area (Å²) in [5, 5.41) is 13.3. The smallest absolute Gasteiger partial charge is 0.259 e. The van der Waals surface area contributed by atoms with Crippen molar-refractivity contribution in [2.45, 2.75) is 0 Å². The van der Waals surface area contributed by atoms with E-state index in [1.165, 1.54) is 13.2 Å². The van der Waals surface area contributed by atoms with E-state index in [0.717, 1.165) is 3.57 Å². The number of carbonyl (C=O) groups excluding carboxylic acids is 1. The summed E-state index contributed by atoms with van der Waals surface area (Å²) in [6.07, 6.45) is 0. The van der Waals surface area contributed by atoms with Crippen molar-refractivity contribution in [3.8, 4) is 11.5 Å². The van der Waals surface area contributed by atoms with Crippen LogP contribution in [0.5, 0.6) is 11.5 Å². The van der Waals surface area contributed by atoms with E-state index in [9.17, 15) is 9.90 Å². The summed E-state index contributed by atoms with van der Waals surface area (Å²) in [5.74, 6) is -0.346. The molecule has 104 valence electrons. The SMILES string of the molecule is COc1cccc(C(=O)Nc2ccc(Cl)cc2I)c1O. The molecule has 0 aromatic heterocycles. The fraction of sp³-hybridized carbons (Fsp3) is 0.0714. The molecule has 0 radical (unpaired) electrons. The second-order valence-corrected chi connectivity index (χ2v) is 5.53. The van der Waals surface area contributed by atoms with Crippen LogP contribution in [0.15, 0.2) is 36.4 Å². The highest BCUT2D eigenvalue weighted by molar-refractivity contribution is 14.1. The third-order valence-corrected chi connectivity index (χ3v) is 3.77. The van der Waals surface area contributed by atoms with Crippen molar-refractivity contribution in [1.82, 2.24) is 0 Å². The third kappa shape index (κ3) is 3.16. The molecule has 2 N–H and O–H groups in total. The first kappa shape index (κ1) is 14.9. The first-order valence-electron chi connectivity index (χ1n) is 5.65. The van der Waals surface area contributed by atoms with Gasteiger partial charge in [-0.25, -0.2) is 0 Å². The van der Waals surface area contributed by atoms with Crippen LogP contribution in [0.3, 0.4) is 0 Å². The van der Waals surface area contributed by atoms with Gasteiger partial charge in [0, 0.05) is 8.59 Å². The molecule has 0 spiro atoms. The summed E-state index contributed by atoms with van der Waals surface area (Å²) in [4.78, 5) is 12.2. The molecule has 20 heavy (non-hydrogen) atoms. The monoisotopic (exact) mass is 403 g/mol. The molecule has 1 amide bonds. The number of halogens is 2. The van der Waals surface area contributed by atoms with Crippen molar-refractivity contribution in [3.05, 3.63) is 50.6 Å². The summed E-state index contributed by atoms with van der Waals surface area (Å²) >= 11 is 7.94. The Bertz CT molecular complexity index is 661. The van der Waals surface area contributed by atoms with Crippen molar-refractivity contribution < 1.29 is 14.6 Å². The number of ether oxygens (including phenoxy) is 1. The van der Waals surface area contributed by atoms with Crippen molar-refractivity contribution in [3.63, 3.8) is 0 Å². The minimum absolute atomic E-state index is 0.148. The summed E-state index contributed by atoms with van der Waals surface area (Å²) < 4.78 is 5.79. The molecular formula is C14H11ClINO3. The lowest BCUT2D eigenvalue weighted by atomic mass is 10.1. The number of para-hydroxylation sites is 1. The Morgan fingerprint density at radius 1 is 1.35 bits per heavy atom. The average molecular weight is 404 g/mol. The molecule has 0 aliphatic carbocycles. The van der Waals surface area contributed by atoms with Crippen LogP contribution in [0.4, 0.5) is 5.69 Å². The lowest BCUT2D eigenvalue weighted by Crippen LogP contribution is -2.13. The molecule has 0 heterocycles. The Labute approximate surface area is 134 Å². The standard InChI is InChI=1S/C14H11ClINO3/c1-20-12-4-2-3-9(13(12)18)14(19)17-11-6-5-8(15)7-10(11)16/h2-7,18H,1H3,(H,17,19). The highest BCUT2D eigenvalue weighted by atomic mass is 127. The molecule has 4 nitrogen and oxygen atoms in total. The van der Waals surface area contributed by atoms with Gasteiger partial charge in [-0.3, -0.25) is 4.79 Å². The minimum Gasteiger partial charge on any atom is -0.504 e. The number of hydrogen-bond donors (Lipinski definition) is 2. The number of benzene rings is 2. The van der Waals surface area contributed by atoms with E-state index >= 15 is 0 Å². The Hall–Kier alpha value is -1.47. The van der Waals surface area contributed by atoms with Crippen molar-refractivity contribution in [2.75, 3.05) is 12.4 Å². The first-order chi connectivity index (χ1) is 9.52. The van der Waals surface area contributed by atoms with Crippen LogP contribution < -0.4 is 10.1 Å². The van der Waals surface area contributed by atoms with Gasteiger partial charge in [-0.15, -0.1) is 0 Å². The quantitative estimate of drug-likeness (QED) is 0.764. The van der Waals surface area contributed by atoms with Gasteiger partial charge < -0.3 is 15.2 Å². The minimum atomic E-state index is -0.415. The number of phenols is 1. The number of rotatable bonds is 3. The van der Waals surface area contributed by atoms with Crippen LogP contribution in [0.25, 0.3) is 0 Å². The predicted molar refractivity (Wildman–Crippen MR) is 86.8 cm³/mol. The number of phenolic OH excluding ortho intramolecular Hbond substituents is 1. The topological polar surface area (TPSA) is 58.6 Å². The maximum absolute atomic E-state index is 12.2. The van der Waals surface area contributed by atoms with Gasteiger partial charge in [0.1, 0.15) is 0 Å². The van der Waals surface area contributed by atoms with E-state index in [4.69, 9.17) is 16.3 Å². The maximum atomic E-state index is 12.2. The average Bonchev–Trinajstić information content (AvgIpc) is 2.42. The van der Waals surface area contributed by atoms with Gasteiger partial charge >= 0.3 is 0 Å². The second-order valence-electron chi connectivity index (χ2n) is 3.93. The van der Waals surface area contributed by atoms with E-state index < -0.39 is 5.91 Å². The summed E-state index contributed by atoms with van der Waals surface area (Å²) in [5.41, 5.74) is 0.775. The Balaban J connectivity index is 2.28. The lowest BCUT2D eigenvalue weighted by Gasteiger charge is -2.10. The number of methoxy groups -OCH3 is 1. The summed E-state index contributed by atoms with van der Waals surface area (Å²) in [6.45, 7) is 0. The third-order valence-electron chi connectivity index (χ3n) is 2.64. The van der Waals surface area contributed by atoms with Gasteiger partial charge in [0.2, 0.25) is 0 Å². The molecule has 0 bridgehead atoms. The Kier molecular flexibility index (Phi) is 4.72. The molecule has 2 aromatic carbocycles. The number of nitrogens with one attached hydrogen (secondary N) is 1. The van der Waals surface area contributed by atoms with Gasteiger partial charge in [-0.1, -0.05) is 17.7 Å². The largest absolute Gasteiger partial charge is 0.504 e. The normalized spacial score (nSPS) is 10.2. The fourth-order valence-corrected chi connectivity index (χ4v) is 2.66. The van der Waals surface area contributed by atoms with E-state index in [1.54, 1.807) is 30.3 Å². The Morgan fingerprint density at radius 3 is 2.75 bits per heavy atom. The molecule has 0 atom stereocenters.